The lowest BCUT2D eigenvalue weighted by Gasteiger charge is -2.14. The van der Waals surface area contributed by atoms with Gasteiger partial charge in [0.2, 0.25) is 0 Å². The Morgan fingerprint density at radius 3 is 2.88 bits per heavy atom. The smallest absolute Gasteiger partial charge is 0.311 e. The first kappa shape index (κ1) is 10.7. The largest absolute Gasteiger partial charge is 0.481 e. The van der Waals surface area contributed by atoms with E-state index in [2.05, 4.69) is 4.98 Å². The van der Waals surface area contributed by atoms with Crippen molar-refractivity contribution in [2.24, 2.45) is 5.92 Å². The van der Waals surface area contributed by atoms with Gasteiger partial charge in [-0.3, -0.25) is 9.78 Å². The summed E-state index contributed by atoms with van der Waals surface area (Å²) >= 11 is 0. The first-order valence-corrected chi connectivity index (χ1v) is 5.15. The average molecular weight is 219 g/mol. The minimum absolute atomic E-state index is 0.0125. The summed E-state index contributed by atoms with van der Waals surface area (Å²) in [5.74, 6) is -1.37. The van der Waals surface area contributed by atoms with E-state index in [-0.39, 0.29) is 5.92 Å². The number of rotatable bonds is 3. The Kier molecular flexibility index (Phi) is 2.64. The second-order valence-electron chi connectivity index (χ2n) is 4.12. The standard InChI is InChI=1S/C12H13NO3/c1-7(2)11(12(14)15)9-6-16-10-3-4-13-5-8(9)10/h3-7,11H,1-2H3,(H,14,15). The van der Waals surface area contributed by atoms with E-state index in [9.17, 15) is 9.90 Å². The van der Waals surface area contributed by atoms with Crippen LogP contribution >= 0.6 is 0 Å². The van der Waals surface area contributed by atoms with Gasteiger partial charge in [-0.1, -0.05) is 13.8 Å². The van der Waals surface area contributed by atoms with E-state index in [0.717, 1.165) is 5.39 Å². The molecule has 0 saturated carbocycles. The summed E-state index contributed by atoms with van der Waals surface area (Å²) in [6.45, 7) is 3.77. The van der Waals surface area contributed by atoms with E-state index >= 15 is 0 Å². The predicted molar refractivity (Wildman–Crippen MR) is 59.2 cm³/mol. The molecule has 2 heterocycles. The minimum atomic E-state index is -0.832. The van der Waals surface area contributed by atoms with Crippen molar-refractivity contribution in [3.8, 4) is 0 Å². The van der Waals surface area contributed by atoms with E-state index in [0.29, 0.717) is 11.1 Å². The summed E-state index contributed by atoms with van der Waals surface area (Å²) in [6.07, 6.45) is 4.79. The molecule has 0 aliphatic carbocycles. The Morgan fingerprint density at radius 2 is 2.25 bits per heavy atom. The monoisotopic (exact) mass is 219 g/mol. The molecule has 0 fully saturated rings. The zero-order valence-electron chi connectivity index (χ0n) is 9.18. The summed E-state index contributed by atoms with van der Waals surface area (Å²) < 4.78 is 5.33. The summed E-state index contributed by atoms with van der Waals surface area (Å²) in [5.41, 5.74) is 1.38. The van der Waals surface area contributed by atoms with Crippen LogP contribution in [0.5, 0.6) is 0 Å². The molecule has 4 nitrogen and oxygen atoms in total. The highest BCUT2D eigenvalue weighted by Gasteiger charge is 2.27. The van der Waals surface area contributed by atoms with Crippen molar-refractivity contribution in [1.82, 2.24) is 4.98 Å². The molecular weight excluding hydrogens is 206 g/mol. The molecule has 4 heteroatoms. The fourth-order valence-electron chi connectivity index (χ4n) is 1.91. The zero-order chi connectivity index (χ0) is 11.7. The zero-order valence-corrected chi connectivity index (χ0v) is 9.18. The van der Waals surface area contributed by atoms with E-state index in [4.69, 9.17) is 4.42 Å². The maximum Gasteiger partial charge on any atom is 0.311 e. The molecule has 0 radical (unpaired) electrons. The first-order chi connectivity index (χ1) is 7.61. The van der Waals surface area contributed by atoms with Gasteiger partial charge in [-0.25, -0.2) is 0 Å². The molecule has 0 bridgehead atoms. The highest BCUT2D eigenvalue weighted by atomic mass is 16.4. The number of fused-ring (bicyclic) bond motifs is 1. The number of hydrogen-bond donors (Lipinski definition) is 1. The van der Waals surface area contributed by atoms with Gasteiger partial charge in [-0.2, -0.15) is 0 Å². The molecule has 2 rings (SSSR count). The van der Waals surface area contributed by atoms with Gasteiger partial charge in [0.25, 0.3) is 0 Å². The molecule has 1 atom stereocenters. The first-order valence-electron chi connectivity index (χ1n) is 5.15. The van der Waals surface area contributed by atoms with Crippen molar-refractivity contribution >= 4 is 16.9 Å². The van der Waals surface area contributed by atoms with Crippen molar-refractivity contribution in [2.45, 2.75) is 19.8 Å². The molecule has 0 amide bonds. The normalized spacial score (nSPS) is 13.2. The second-order valence-corrected chi connectivity index (χ2v) is 4.12. The predicted octanol–water partition coefficient (Wildman–Crippen LogP) is 2.65. The van der Waals surface area contributed by atoms with Gasteiger partial charge in [-0.05, 0) is 12.0 Å². The van der Waals surface area contributed by atoms with Gasteiger partial charge in [-0.15, -0.1) is 0 Å². The van der Waals surface area contributed by atoms with Crippen LogP contribution in [0.15, 0.2) is 29.1 Å². The molecule has 2 aromatic rings. The third-order valence-electron chi connectivity index (χ3n) is 2.67. The summed E-state index contributed by atoms with van der Waals surface area (Å²) in [4.78, 5) is 15.2. The van der Waals surface area contributed by atoms with Gasteiger partial charge in [0.15, 0.2) is 0 Å². The summed E-state index contributed by atoms with van der Waals surface area (Å²) in [5, 5.41) is 9.99. The van der Waals surface area contributed by atoms with E-state index in [1.807, 2.05) is 13.8 Å². The van der Waals surface area contributed by atoms with Crippen molar-refractivity contribution in [3.63, 3.8) is 0 Å². The van der Waals surface area contributed by atoms with Crippen LogP contribution in [-0.4, -0.2) is 16.1 Å². The minimum Gasteiger partial charge on any atom is -0.481 e. The molecule has 0 aliphatic rings. The Balaban J connectivity index is 2.57. The molecule has 2 aromatic heterocycles. The van der Waals surface area contributed by atoms with E-state index in [1.54, 1.807) is 18.5 Å². The number of nitrogens with zero attached hydrogens (tertiary/aromatic N) is 1. The maximum atomic E-state index is 11.2. The second kappa shape index (κ2) is 3.96. The lowest BCUT2D eigenvalue weighted by Crippen LogP contribution is -2.17. The molecule has 84 valence electrons. The van der Waals surface area contributed by atoms with Gasteiger partial charge in [0.1, 0.15) is 5.58 Å². The number of pyridine rings is 1. The molecule has 16 heavy (non-hydrogen) atoms. The number of carboxylic acid groups (broad SMARTS) is 1. The van der Waals surface area contributed by atoms with Crippen LogP contribution in [0, 0.1) is 5.92 Å². The van der Waals surface area contributed by atoms with Gasteiger partial charge < -0.3 is 9.52 Å². The topological polar surface area (TPSA) is 63.3 Å². The third kappa shape index (κ3) is 1.66. The molecule has 0 aliphatic heterocycles. The summed E-state index contributed by atoms with van der Waals surface area (Å²) in [6, 6.07) is 1.73. The molecule has 1 N–H and O–H groups in total. The van der Waals surface area contributed by atoms with Crippen LogP contribution in [0.3, 0.4) is 0 Å². The van der Waals surface area contributed by atoms with Gasteiger partial charge in [0.05, 0.1) is 12.2 Å². The molecule has 0 spiro atoms. The van der Waals surface area contributed by atoms with Crippen LogP contribution in [0.4, 0.5) is 0 Å². The van der Waals surface area contributed by atoms with Crippen molar-refractivity contribution in [1.29, 1.82) is 0 Å². The van der Waals surface area contributed by atoms with Crippen LogP contribution in [0.1, 0.15) is 25.3 Å². The molecule has 0 aromatic carbocycles. The molecule has 1 unspecified atom stereocenters. The van der Waals surface area contributed by atoms with Crippen molar-refractivity contribution in [2.75, 3.05) is 0 Å². The Hall–Kier alpha value is -1.84. The number of carbonyl (C=O) groups is 1. The quantitative estimate of drug-likeness (QED) is 0.861. The van der Waals surface area contributed by atoms with Gasteiger partial charge >= 0.3 is 5.97 Å². The number of carboxylic acids is 1. The average Bonchev–Trinajstić information content (AvgIpc) is 2.61. The maximum absolute atomic E-state index is 11.2. The Bertz CT molecular complexity index is 516. The van der Waals surface area contributed by atoms with Crippen LogP contribution < -0.4 is 0 Å². The van der Waals surface area contributed by atoms with Crippen molar-refractivity contribution in [3.05, 3.63) is 30.3 Å². The van der Waals surface area contributed by atoms with Crippen LogP contribution in [0.25, 0.3) is 11.0 Å². The van der Waals surface area contributed by atoms with Crippen LogP contribution in [0.2, 0.25) is 0 Å². The Morgan fingerprint density at radius 1 is 1.50 bits per heavy atom. The third-order valence-corrected chi connectivity index (χ3v) is 2.67. The van der Waals surface area contributed by atoms with Crippen LogP contribution in [-0.2, 0) is 4.79 Å². The highest BCUT2D eigenvalue weighted by Crippen LogP contribution is 2.31. The number of aliphatic carboxylic acids is 1. The number of hydrogen-bond acceptors (Lipinski definition) is 3. The fraction of sp³-hybridized carbons (Fsp3) is 0.333. The van der Waals surface area contributed by atoms with E-state index in [1.165, 1.54) is 6.26 Å². The molecule has 0 saturated heterocycles. The number of aromatic nitrogens is 1. The van der Waals surface area contributed by atoms with Crippen molar-refractivity contribution < 1.29 is 14.3 Å². The SMILES string of the molecule is CC(C)C(C(=O)O)c1coc2ccncc12. The lowest BCUT2D eigenvalue weighted by molar-refractivity contribution is -0.139. The van der Waals surface area contributed by atoms with E-state index < -0.39 is 11.9 Å². The molecular formula is C12H13NO3. The summed E-state index contributed by atoms with van der Waals surface area (Å²) in [7, 11) is 0. The highest BCUT2D eigenvalue weighted by molar-refractivity contribution is 5.87. The fourth-order valence-corrected chi connectivity index (χ4v) is 1.91. The lowest BCUT2D eigenvalue weighted by atomic mass is 9.89. The number of furan rings is 1. The van der Waals surface area contributed by atoms with Gasteiger partial charge in [0, 0.05) is 23.3 Å². The Labute approximate surface area is 92.9 Å².